The second-order valence-corrected chi connectivity index (χ2v) is 4.54. The molecule has 0 fully saturated rings. The van der Waals surface area contributed by atoms with Crippen LogP contribution in [0.5, 0.6) is 23.0 Å². The van der Waals surface area contributed by atoms with Crippen molar-refractivity contribution >= 4 is 21.6 Å². The summed E-state index contributed by atoms with van der Waals surface area (Å²) in [5, 5.41) is 0. The van der Waals surface area contributed by atoms with E-state index in [-0.39, 0.29) is 0 Å². The zero-order chi connectivity index (χ0) is 13.8. The summed E-state index contributed by atoms with van der Waals surface area (Å²) in [5.74, 6) is 2.34. The van der Waals surface area contributed by atoms with E-state index in [9.17, 15) is 0 Å². The maximum atomic E-state index is 5.83. The van der Waals surface area contributed by atoms with Gasteiger partial charge in [-0.15, -0.1) is 0 Å². The lowest BCUT2D eigenvalue weighted by molar-refractivity contribution is 0.386. The topological polar surface area (TPSA) is 66.6 Å². The van der Waals surface area contributed by atoms with Crippen LogP contribution in [0.4, 0.5) is 5.69 Å². The van der Waals surface area contributed by atoms with E-state index in [1.165, 1.54) is 6.20 Å². The van der Waals surface area contributed by atoms with Gasteiger partial charge in [-0.3, -0.25) is 4.98 Å². The quantitative estimate of drug-likeness (QED) is 0.935. The SMILES string of the molecule is COc1cc(OC)cc(Oc2c(N)cncc2Br)c1. The third kappa shape index (κ3) is 3.08. The normalized spacial score (nSPS) is 10.1. The molecule has 0 spiro atoms. The van der Waals surface area contributed by atoms with Crippen LogP contribution in [-0.2, 0) is 0 Å². The molecule has 6 heteroatoms. The van der Waals surface area contributed by atoms with E-state index in [0.29, 0.717) is 33.2 Å². The summed E-state index contributed by atoms with van der Waals surface area (Å²) < 4.78 is 16.8. The van der Waals surface area contributed by atoms with Gasteiger partial charge in [-0.1, -0.05) is 0 Å². The lowest BCUT2D eigenvalue weighted by Crippen LogP contribution is -1.95. The van der Waals surface area contributed by atoms with Gasteiger partial charge >= 0.3 is 0 Å². The van der Waals surface area contributed by atoms with Crippen LogP contribution in [0, 0.1) is 0 Å². The molecule has 2 rings (SSSR count). The second kappa shape index (κ2) is 5.79. The van der Waals surface area contributed by atoms with Gasteiger partial charge in [0.1, 0.15) is 17.2 Å². The van der Waals surface area contributed by atoms with Crippen molar-refractivity contribution in [2.45, 2.75) is 0 Å². The molecule has 1 heterocycles. The summed E-state index contributed by atoms with van der Waals surface area (Å²) >= 11 is 3.35. The highest BCUT2D eigenvalue weighted by Gasteiger charge is 2.10. The van der Waals surface area contributed by atoms with E-state index in [0.717, 1.165) is 0 Å². The Bertz CT molecular complexity index is 548. The maximum Gasteiger partial charge on any atom is 0.167 e. The molecule has 0 aliphatic heterocycles. The summed E-state index contributed by atoms with van der Waals surface area (Å²) in [7, 11) is 3.16. The van der Waals surface area contributed by atoms with Crippen molar-refractivity contribution in [2.75, 3.05) is 20.0 Å². The van der Waals surface area contributed by atoms with Gasteiger partial charge in [0.05, 0.1) is 30.6 Å². The number of benzene rings is 1. The Morgan fingerprint density at radius 1 is 1.00 bits per heavy atom. The van der Waals surface area contributed by atoms with Crippen molar-refractivity contribution in [3.05, 3.63) is 35.1 Å². The van der Waals surface area contributed by atoms with Crippen LogP contribution >= 0.6 is 15.9 Å². The summed E-state index contributed by atoms with van der Waals surface area (Å²) in [6.07, 6.45) is 3.14. The number of nitrogens with zero attached hydrogens (tertiary/aromatic N) is 1. The molecule has 0 aliphatic carbocycles. The minimum atomic E-state index is 0.441. The van der Waals surface area contributed by atoms with Gasteiger partial charge in [-0.25, -0.2) is 0 Å². The average Bonchev–Trinajstić information content (AvgIpc) is 2.42. The lowest BCUT2D eigenvalue weighted by atomic mass is 10.3. The summed E-state index contributed by atoms with van der Waals surface area (Å²) in [6, 6.07) is 5.25. The number of hydrogen-bond acceptors (Lipinski definition) is 5. The molecular weight excluding hydrogens is 312 g/mol. The predicted octanol–water partition coefficient (Wildman–Crippen LogP) is 3.24. The Labute approximate surface area is 119 Å². The number of ether oxygens (including phenoxy) is 3. The van der Waals surface area contributed by atoms with Crippen molar-refractivity contribution in [3.63, 3.8) is 0 Å². The van der Waals surface area contributed by atoms with Gasteiger partial charge < -0.3 is 19.9 Å². The number of methoxy groups -OCH3 is 2. The van der Waals surface area contributed by atoms with Crippen molar-refractivity contribution in [1.82, 2.24) is 4.98 Å². The van der Waals surface area contributed by atoms with Crippen LogP contribution < -0.4 is 19.9 Å². The van der Waals surface area contributed by atoms with Crippen LogP contribution in [0.15, 0.2) is 35.1 Å². The third-order valence-corrected chi connectivity index (χ3v) is 2.99. The monoisotopic (exact) mass is 324 g/mol. The van der Waals surface area contributed by atoms with Crippen LogP contribution in [-0.4, -0.2) is 19.2 Å². The largest absolute Gasteiger partial charge is 0.496 e. The zero-order valence-electron chi connectivity index (χ0n) is 10.5. The number of rotatable bonds is 4. The van der Waals surface area contributed by atoms with Crippen LogP contribution in [0.25, 0.3) is 0 Å². The van der Waals surface area contributed by atoms with Crippen molar-refractivity contribution in [1.29, 1.82) is 0 Å². The number of hydrogen-bond donors (Lipinski definition) is 1. The van der Waals surface area contributed by atoms with Crippen molar-refractivity contribution in [3.8, 4) is 23.0 Å². The van der Waals surface area contributed by atoms with E-state index in [4.69, 9.17) is 19.9 Å². The van der Waals surface area contributed by atoms with Gasteiger partial charge in [0.15, 0.2) is 5.75 Å². The predicted molar refractivity (Wildman–Crippen MR) is 76.0 cm³/mol. The molecular formula is C13H13BrN2O3. The Balaban J connectivity index is 2.37. The zero-order valence-corrected chi connectivity index (χ0v) is 12.1. The molecule has 0 radical (unpaired) electrons. The first-order valence-corrected chi connectivity index (χ1v) is 6.23. The van der Waals surface area contributed by atoms with Gasteiger partial charge in [-0.2, -0.15) is 0 Å². The van der Waals surface area contributed by atoms with Crippen LogP contribution in [0.3, 0.4) is 0 Å². The van der Waals surface area contributed by atoms with Gasteiger partial charge in [0.2, 0.25) is 0 Å². The lowest BCUT2D eigenvalue weighted by Gasteiger charge is -2.12. The summed E-state index contributed by atoms with van der Waals surface area (Å²) in [5.41, 5.74) is 6.27. The molecule has 0 aliphatic rings. The van der Waals surface area contributed by atoms with Gasteiger partial charge in [0, 0.05) is 24.4 Å². The summed E-state index contributed by atoms with van der Waals surface area (Å²) in [6.45, 7) is 0. The maximum absolute atomic E-state index is 5.83. The number of anilines is 1. The Kier molecular flexibility index (Phi) is 4.11. The number of halogens is 1. The van der Waals surface area contributed by atoms with Gasteiger partial charge in [-0.05, 0) is 15.9 Å². The number of nitrogen functional groups attached to an aromatic ring is 1. The molecule has 100 valence electrons. The highest BCUT2D eigenvalue weighted by Crippen LogP contribution is 2.36. The molecule has 0 amide bonds. The Hall–Kier alpha value is -1.95. The fourth-order valence-electron chi connectivity index (χ4n) is 1.50. The molecule has 2 N–H and O–H groups in total. The molecule has 0 bridgehead atoms. The molecule has 0 atom stereocenters. The Morgan fingerprint density at radius 2 is 1.58 bits per heavy atom. The molecule has 19 heavy (non-hydrogen) atoms. The fourth-order valence-corrected chi connectivity index (χ4v) is 1.93. The number of pyridine rings is 1. The van der Waals surface area contributed by atoms with E-state index < -0.39 is 0 Å². The van der Waals surface area contributed by atoms with E-state index in [2.05, 4.69) is 20.9 Å². The molecule has 0 saturated heterocycles. The number of nitrogens with two attached hydrogens (primary N) is 1. The summed E-state index contributed by atoms with van der Waals surface area (Å²) in [4.78, 5) is 3.95. The van der Waals surface area contributed by atoms with E-state index in [1.807, 2.05) is 0 Å². The molecule has 5 nitrogen and oxygen atoms in total. The molecule has 2 aromatic rings. The van der Waals surface area contributed by atoms with Crippen LogP contribution in [0.2, 0.25) is 0 Å². The minimum Gasteiger partial charge on any atom is -0.496 e. The first-order chi connectivity index (χ1) is 9.13. The molecule has 0 saturated carbocycles. The fraction of sp³-hybridized carbons (Fsp3) is 0.154. The van der Waals surface area contributed by atoms with Crippen molar-refractivity contribution in [2.24, 2.45) is 0 Å². The van der Waals surface area contributed by atoms with Crippen molar-refractivity contribution < 1.29 is 14.2 Å². The molecule has 0 unspecified atom stereocenters. The van der Waals surface area contributed by atoms with E-state index in [1.54, 1.807) is 38.6 Å². The van der Waals surface area contributed by atoms with Crippen LogP contribution in [0.1, 0.15) is 0 Å². The molecule has 1 aromatic heterocycles. The highest BCUT2D eigenvalue weighted by molar-refractivity contribution is 9.10. The first-order valence-electron chi connectivity index (χ1n) is 5.44. The molecule has 1 aromatic carbocycles. The van der Waals surface area contributed by atoms with Gasteiger partial charge in [0.25, 0.3) is 0 Å². The number of aromatic nitrogens is 1. The minimum absolute atomic E-state index is 0.441. The average molecular weight is 325 g/mol. The highest BCUT2D eigenvalue weighted by atomic mass is 79.9. The Morgan fingerprint density at radius 3 is 2.11 bits per heavy atom. The van der Waals surface area contributed by atoms with E-state index >= 15 is 0 Å². The second-order valence-electron chi connectivity index (χ2n) is 3.69. The standard InChI is InChI=1S/C13H13BrN2O3/c1-17-8-3-9(18-2)5-10(4-8)19-13-11(14)6-16-7-12(13)15/h3-7H,15H2,1-2H3. The first kappa shape index (κ1) is 13.5. The third-order valence-electron chi connectivity index (χ3n) is 2.43. The smallest absolute Gasteiger partial charge is 0.167 e.